The maximum absolute atomic E-state index is 8.70. The highest BCUT2D eigenvalue weighted by Crippen LogP contribution is 2.14. The summed E-state index contributed by atoms with van der Waals surface area (Å²) in [5.41, 5.74) is 0.404. The van der Waals surface area contributed by atoms with Crippen LogP contribution in [0.4, 0.5) is 5.95 Å². The van der Waals surface area contributed by atoms with Gasteiger partial charge in [0.25, 0.3) is 0 Å². The number of nitrogens with zero attached hydrogens (tertiary/aromatic N) is 4. The maximum atomic E-state index is 8.70. The molecule has 0 aromatic carbocycles. The molecule has 5 heteroatoms. The van der Waals surface area contributed by atoms with Gasteiger partial charge in [0.1, 0.15) is 11.8 Å². The van der Waals surface area contributed by atoms with Crippen LogP contribution in [0.25, 0.3) is 0 Å². The van der Waals surface area contributed by atoms with Gasteiger partial charge in [0.15, 0.2) is 0 Å². The van der Waals surface area contributed by atoms with Gasteiger partial charge in [0, 0.05) is 19.3 Å². The molecule has 1 saturated heterocycles. The number of hydrogen-bond donors (Lipinski definition) is 1. The van der Waals surface area contributed by atoms with Gasteiger partial charge in [-0.15, -0.1) is 0 Å². The Morgan fingerprint density at radius 2 is 2.56 bits per heavy atom. The highest BCUT2D eigenvalue weighted by atomic mass is 15.1. The van der Waals surface area contributed by atoms with Crippen molar-refractivity contribution in [3.05, 3.63) is 18.0 Å². The fourth-order valence-corrected chi connectivity index (χ4v) is 1.93. The first kappa shape index (κ1) is 10.8. The molecule has 1 N–H and O–H groups in total. The van der Waals surface area contributed by atoms with E-state index in [1.54, 1.807) is 12.3 Å². The van der Waals surface area contributed by atoms with Crippen molar-refractivity contribution in [2.24, 2.45) is 5.92 Å². The second-order valence-electron chi connectivity index (χ2n) is 4.18. The molecule has 2 heterocycles. The van der Waals surface area contributed by atoms with Crippen LogP contribution >= 0.6 is 0 Å². The molecule has 1 fully saturated rings. The Morgan fingerprint density at radius 3 is 3.25 bits per heavy atom. The Morgan fingerprint density at radius 1 is 1.69 bits per heavy atom. The molecule has 84 valence electrons. The molecule has 0 saturated carbocycles. The standard InChI is InChI=1S/C11H15N5/c1-16-5-3-9(8-16)7-14-11-13-4-2-10(6-12)15-11/h2,4,9H,3,5,7-8H2,1H3,(H,13,14,15). The molecule has 16 heavy (non-hydrogen) atoms. The maximum Gasteiger partial charge on any atom is 0.223 e. The lowest BCUT2D eigenvalue weighted by molar-refractivity contribution is 0.399. The molecular formula is C11H15N5. The van der Waals surface area contributed by atoms with Crippen LogP contribution in [0.5, 0.6) is 0 Å². The largest absolute Gasteiger partial charge is 0.354 e. The first-order valence-electron chi connectivity index (χ1n) is 5.43. The molecular weight excluding hydrogens is 202 g/mol. The molecule has 1 aromatic heterocycles. The Bertz CT molecular complexity index is 398. The summed E-state index contributed by atoms with van der Waals surface area (Å²) >= 11 is 0. The normalized spacial score (nSPS) is 20.6. The highest BCUT2D eigenvalue weighted by molar-refractivity contribution is 5.29. The summed E-state index contributed by atoms with van der Waals surface area (Å²) in [6.07, 6.45) is 2.82. The molecule has 1 aliphatic rings. The summed E-state index contributed by atoms with van der Waals surface area (Å²) < 4.78 is 0. The fraction of sp³-hybridized carbons (Fsp3) is 0.545. The van der Waals surface area contributed by atoms with Gasteiger partial charge >= 0.3 is 0 Å². The Kier molecular flexibility index (Phi) is 3.32. The predicted octanol–water partition coefficient (Wildman–Crippen LogP) is 0.712. The molecule has 0 aliphatic carbocycles. The van der Waals surface area contributed by atoms with Gasteiger partial charge in [-0.1, -0.05) is 0 Å². The zero-order chi connectivity index (χ0) is 11.4. The molecule has 1 unspecified atom stereocenters. The summed E-state index contributed by atoms with van der Waals surface area (Å²) in [6, 6.07) is 3.61. The summed E-state index contributed by atoms with van der Waals surface area (Å²) in [5, 5.41) is 11.9. The third-order valence-corrected chi connectivity index (χ3v) is 2.81. The van der Waals surface area contributed by atoms with E-state index in [1.165, 1.54) is 6.42 Å². The van der Waals surface area contributed by atoms with Gasteiger partial charge < -0.3 is 10.2 Å². The van der Waals surface area contributed by atoms with Crippen molar-refractivity contribution in [3.63, 3.8) is 0 Å². The summed E-state index contributed by atoms with van der Waals surface area (Å²) in [7, 11) is 2.13. The van der Waals surface area contributed by atoms with E-state index >= 15 is 0 Å². The Balaban J connectivity index is 1.87. The lowest BCUT2D eigenvalue weighted by Gasteiger charge is -2.11. The Labute approximate surface area is 95.1 Å². The lowest BCUT2D eigenvalue weighted by atomic mass is 10.1. The SMILES string of the molecule is CN1CCC(CNc2nccc(C#N)n2)C1. The molecule has 1 aromatic rings. The lowest BCUT2D eigenvalue weighted by Crippen LogP contribution is -2.19. The monoisotopic (exact) mass is 217 g/mol. The van der Waals surface area contributed by atoms with Crippen LogP contribution in [0, 0.1) is 17.2 Å². The third kappa shape index (κ3) is 2.67. The Hall–Kier alpha value is -1.67. The molecule has 5 nitrogen and oxygen atoms in total. The second-order valence-corrected chi connectivity index (χ2v) is 4.18. The highest BCUT2D eigenvalue weighted by Gasteiger charge is 2.19. The van der Waals surface area contributed by atoms with E-state index in [0.717, 1.165) is 19.6 Å². The van der Waals surface area contributed by atoms with Crippen molar-refractivity contribution in [3.8, 4) is 6.07 Å². The van der Waals surface area contributed by atoms with Crippen molar-refractivity contribution >= 4 is 5.95 Å². The van der Waals surface area contributed by atoms with Crippen LogP contribution in [0.1, 0.15) is 12.1 Å². The molecule has 2 rings (SSSR count). The number of anilines is 1. The van der Waals surface area contributed by atoms with E-state index in [0.29, 0.717) is 17.6 Å². The average molecular weight is 217 g/mol. The first-order chi connectivity index (χ1) is 7.78. The number of nitriles is 1. The van der Waals surface area contributed by atoms with Crippen LogP contribution in [-0.2, 0) is 0 Å². The number of rotatable bonds is 3. The number of aromatic nitrogens is 2. The van der Waals surface area contributed by atoms with Gasteiger partial charge in [-0.2, -0.15) is 5.26 Å². The van der Waals surface area contributed by atoms with Crippen molar-refractivity contribution in [2.75, 3.05) is 32.0 Å². The van der Waals surface area contributed by atoms with Gasteiger partial charge in [0.05, 0.1) is 0 Å². The molecule has 0 amide bonds. The average Bonchev–Trinajstić information content (AvgIpc) is 2.73. The van der Waals surface area contributed by atoms with Crippen LogP contribution in [-0.4, -0.2) is 41.5 Å². The van der Waals surface area contributed by atoms with Crippen molar-refractivity contribution in [1.82, 2.24) is 14.9 Å². The zero-order valence-electron chi connectivity index (χ0n) is 9.35. The minimum absolute atomic E-state index is 0.404. The predicted molar refractivity (Wildman–Crippen MR) is 60.8 cm³/mol. The molecule has 1 aliphatic heterocycles. The summed E-state index contributed by atoms with van der Waals surface area (Å²) in [5.74, 6) is 1.20. The zero-order valence-corrected chi connectivity index (χ0v) is 9.35. The number of likely N-dealkylation sites (tertiary alicyclic amines) is 1. The van der Waals surface area contributed by atoms with E-state index in [2.05, 4.69) is 27.2 Å². The molecule has 0 spiro atoms. The summed E-state index contributed by atoms with van der Waals surface area (Å²) in [6.45, 7) is 3.15. The van der Waals surface area contributed by atoms with Crippen molar-refractivity contribution in [2.45, 2.75) is 6.42 Å². The van der Waals surface area contributed by atoms with Crippen LogP contribution in [0.2, 0.25) is 0 Å². The summed E-state index contributed by atoms with van der Waals surface area (Å²) in [4.78, 5) is 10.5. The topological polar surface area (TPSA) is 64.8 Å². The van der Waals surface area contributed by atoms with Gasteiger partial charge in [-0.3, -0.25) is 0 Å². The number of nitrogens with one attached hydrogen (secondary N) is 1. The van der Waals surface area contributed by atoms with E-state index in [1.807, 2.05) is 6.07 Å². The second kappa shape index (κ2) is 4.90. The molecule has 0 radical (unpaired) electrons. The fourth-order valence-electron chi connectivity index (χ4n) is 1.93. The van der Waals surface area contributed by atoms with Crippen LogP contribution < -0.4 is 5.32 Å². The minimum atomic E-state index is 0.404. The van der Waals surface area contributed by atoms with E-state index in [9.17, 15) is 0 Å². The molecule has 1 atom stereocenters. The van der Waals surface area contributed by atoms with Crippen LogP contribution in [0.3, 0.4) is 0 Å². The van der Waals surface area contributed by atoms with Crippen molar-refractivity contribution < 1.29 is 0 Å². The quantitative estimate of drug-likeness (QED) is 0.807. The third-order valence-electron chi connectivity index (χ3n) is 2.81. The van der Waals surface area contributed by atoms with Gasteiger partial charge in [-0.25, -0.2) is 9.97 Å². The van der Waals surface area contributed by atoms with Crippen molar-refractivity contribution in [1.29, 1.82) is 5.26 Å². The van der Waals surface area contributed by atoms with Gasteiger partial charge in [-0.05, 0) is 32.0 Å². The van der Waals surface area contributed by atoms with E-state index in [-0.39, 0.29) is 0 Å². The molecule has 0 bridgehead atoms. The van der Waals surface area contributed by atoms with Crippen LogP contribution in [0.15, 0.2) is 12.3 Å². The smallest absolute Gasteiger partial charge is 0.223 e. The van der Waals surface area contributed by atoms with Gasteiger partial charge in [0.2, 0.25) is 5.95 Å². The van der Waals surface area contributed by atoms with E-state index in [4.69, 9.17) is 5.26 Å². The first-order valence-corrected chi connectivity index (χ1v) is 5.43. The number of hydrogen-bond acceptors (Lipinski definition) is 5. The van der Waals surface area contributed by atoms with E-state index < -0.39 is 0 Å². The minimum Gasteiger partial charge on any atom is -0.354 e.